The fourth-order valence-corrected chi connectivity index (χ4v) is 4.27. The molecule has 1 aliphatic rings. The van der Waals surface area contributed by atoms with Crippen LogP contribution in [0.4, 0.5) is 0 Å². The fraction of sp³-hybridized carbons (Fsp3) is 0.938. The van der Waals surface area contributed by atoms with Gasteiger partial charge in [0.1, 0.15) is 12.6 Å². The summed E-state index contributed by atoms with van der Waals surface area (Å²) in [6.45, 7) is 4.63. The highest BCUT2D eigenvalue weighted by Crippen LogP contribution is 2.45. The molecule has 0 aromatic heterocycles. The van der Waals surface area contributed by atoms with E-state index >= 15 is 0 Å². The highest BCUT2D eigenvalue weighted by Gasteiger charge is 2.39. The summed E-state index contributed by atoms with van der Waals surface area (Å²) in [6.07, 6.45) is 3.36. The minimum absolute atomic E-state index is 0.0219. The van der Waals surface area contributed by atoms with Crippen molar-refractivity contribution < 1.29 is 23.4 Å². The third-order valence-electron chi connectivity index (χ3n) is 4.75. The summed E-state index contributed by atoms with van der Waals surface area (Å²) in [7, 11) is 1.48. The number of quaternary nitrogens is 1. The van der Waals surface area contributed by atoms with Gasteiger partial charge in [-0.2, -0.15) is 5.26 Å². The van der Waals surface area contributed by atoms with Crippen LogP contribution in [0.2, 0.25) is 0 Å². The van der Waals surface area contributed by atoms with E-state index in [9.17, 15) is 14.4 Å². The number of likely N-dealkylation sites (N-methyl/N-ethyl adjacent to an activating group) is 1. The predicted molar refractivity (Wildman–Crippen MR) is 89.2 cm³/mol. The Morgan fingerprint density at radius 1 is 1.35 bits per heavy atom. The summed E-state index contributed by atoms with van der Waals surface area (Å²) in [4.78, 5) is 18.6. The van der Waals surface area contributed by atoms with E-state index in [-0.39, 0.29) is 11.8 Å². The molecule has 5 atom stereocenters. The number of hydrogen-bond acceptors (Lipinski definition) is 3. The van der Waals surface area contributed by atoms with E-state index in [0.717, 1.165) is 25.7 Å². The molecule has 0 heterocycles. The molecular formula is C16H32N2O4P+. The molecule has 0 aromatic carbocycles. The predicted octanol–water partition coefficient (Wildman–Crippen LogP) is 2.77. The number of nitrogens with zero attached hydrogens (tertiary/aromatic N) is 2. The maximum absolute atomic E-state index is 11.4. The second kappa shape index (κ2) is 8.09. The van der Waals surface area contributed by atoms with E-state index in [0.29, 0.717) is 22.9 Å². The van der Waals surface area contributed by atoms with Crippen LogP contribution < -0.4 is 0 Å². The molecule has 7 heteroatoms. The van der Waals surface area contributed by atoms with Crippen LogP contribution >= 0.6 is 7.82 Å². The monoisotopic (exact) mass is 347 g/mol. The van der Waals surface area contributed by atoms with Crippen molar-refractivity contribution in [3.8, 4) is 6.07 Å². The summed E-state index contributed by atoms with van der Waals surface area (Å²) in [5, 5.41) is 9.02. The summed E-state index contributed by atoms with van der Waals surface area (Å²) >= 11 is 0. The van der Waals surface area contributed by atoms with E-state index in [2.05, 4.69) is 13.0 Å². The molecule has 5 unspecified atom stereocenters. The molecule has 1 fully saturated rings. The van der Waals surface area contributed by atoms with Gasteiger partial charge in [0.2, 0.25) is 0 Å². The van der Waals surface area contributed by atoms with Crippen LogP contribution in [0.1, 0.15) is 39.5 Å². The van der Waals surface area contributed by atoms with Crippen LogP contribution in [-0.2, 0) is 9.09 Å². The lowest BCUT2D eigenvalue weighted by molar-refractivity contribution is -0.873. The van der Waals surface area contributed by atoms with Gasteiger partial charge in [-0.25, -0.2) is 4.57 Å². The first-order chi connectivity index (χ1) is 10.4. The minimum Gasteiger partial charge on any atom is -0.329 e. The van der Waals surface area contributed by atoms with Gasteiger partial charge >= 0.3 is 7.82 Å². The SMILES string of the molecule is CC(C#N)CC1CCC(C)C(C(C[N+](C)(C)C)OP(=O)(O)O)C1. The second-order valence-electron chi connectivity index (χ2n) is 8.19. The Morgan fingerprint density at radius 2 is 1.96 bits per heavy atom. The molecule has 1 aliphatic carbocycles. The standard InChI is InChI=1S/C16H31N2O4P/c1-12(10-17)8-14-7-6-13(2)15(9-14)16(11-18(3,4)5)22-23(19,20)21/h12-16H,6-9,11H2,1-5H3,(H-,19,20,21)/p+1. The number of nitriles is 1. The Hall–Kier alpha value is -0.440. The second-order valence-corrected chi connectivity index (χ2v) is 9.39. The zero-order valence-corrected chi connectivity index (χ0v) is 15.9. The van der Waals surface area contributed by atoms with E-state index in [1.165, 1.54) is 0 Å². The lowest BCUT2D eigenvalue weighted by atomic mass is 9.70. The molecular weight excluding hydrogens is 315 g/mol. The molecule has 1 saturated carbocycles. The quantitative estimate of drug-likeness (QED) is 0.546. The van der Waals surface area contributed by atoms with Crippen molar-refractivity contribution in [2.24, 2.45) is 23.7 Å². The van der Waals surface area contributed by atoms with Crippen LogP contribution in [0, 0.1) is 35.0 Å². The molecule has 134 valence electrons. The number of phosphoric ester groups is 1. The molecule has 0 aromatic rings. The maximum Gasteiger partial charge on any atom is 0.470 e. The normalized spacial score (nSPS) is 28.9. The van der Waals surface area contributed by atoms with E-state index in [1.54, 1.807) is 0 Å². The van der Waals surface area contributed by atoms with Crippen LogP contribution in [0.5, 0.6) is 0 Å². The van der Waals surface area contributed by atoms with Gasteiger partial charge in [0.05, 0.1) is 27.2 Å². The van der Waals surface area contributed by atoms with Gasteiger partial charge in [0, 0.05) is 5.92 Å². The van der Waals surface area contributed by atoms with Gasteiger partial charge < -0.3 is 14.3 Å². The van der Waals surface area contributed by atoms with Gasteiger partial charge in [0.15, 0.2) is 0 Å². The molecule has 0 aliphatic heterocycles. The van der Waals surface area contributed by atoms with Crippen LogP contribution in [-0.4, -0.2) is 48.1 Å². The third kappa shape index (κ3) is 7.78. The molecule has 23 heavy (non-hydrogen) atoms. The van der Waals surface area contributed by atoms with Crippen molar-refractivity contribution in [1.82, 2.24) is 0 Å². The Kier molecular flexibility index (Phi) is 7.25. The first-order valence-corrected chi connectivity index (χ1v) is 9.88. The Labute approximate surface area is 140 Å². The Balaban J connectivity index is 2.88. The molecule has 0 spiro atoms. The van der Waals surface area contributed by atoms with Crippen molar-refractivity contribution in [1.29, 1.82) is 5.26 Å². The van der Waals surface area contributed by atoms with Gasteiger partial charge in [-0.05, 0) is 37.5 Å². The number of phosphoric acid groups is 1. The summed E-state index contributed by atoms with van der Waals surface area (Å²) in [5.41, 5.74) is 0. The zero-order chi connectivity index (χ0) is 17.8. The average Bonchev–Trinajstić information content (AvgIpc) is 2.36. The van der Waals surface area contributed by atoms with E-state index in [4.69, 9.17) is 9.79 Å². The van der Waals surface area contributed by atoms with Gasteiger partial charge in [-0.15, -0.1) is 0 Å². The highest BCUT2D eigenvalue weighted by molar-refractivity contribution is 7.46. The van der Waals surface area contributed by atoms with Gasteiger partial charge in [0.25, 0.3) is 0 Å². The Morgan fingerprint density at radius 3 is 2.43 bits per heavy atom. The average molecular weight is 347 g/mol. The first kappa shape index (κ1) is 20.6. The largest absolute Gasteiger partial charge is 0.470 e. The minimum atomic E-state index is -4.52. The molecule has 0 amide bonds. The smallest absolute Gasteiger partial charge is 0.329 e. The topological polar surface area (TPSA) is 90.5 Å². The van der Waals surface area contributed by atoms with E-state index in [1.807, 2.05) is 28.1 Å². The molecule has 0 radical (unpaired) electrons. The summed E-state index contributed by atoms with van der Waals surface area (Å²) < 4.78 is 17.2. The van der Waals surface area contributed by atoms with Crippen LogP contribution in [0.25, 0.3) is 0 Å². The van der Waals surface area contributed by atoms with Crippen molar-refractivity contribution in [3.05, 3.63) is 0 Å². The highest BCUT2D eigenvalue weighted by atomic mass is 31.2. The maximum atomic E-state index is 11.4. The van der Waals surface area contributed by atoms with E-state index < -0.39 is 13.9 Å². The molecule has 6 nitrogen and oxygen atoms in total. The van der Waals surface area contributed by atoms with Crippen LogP contribution in [0.15, 0.2) is 0 Å². The molecule has 1 rings (SSSR count). The lowest BCUT2D eigenvalue weighted by Gasteiger charge is -2.41. The first-order valence-electron chi connectivity index (χ1n) is 8.35. The van der Waals surface area contributed by atoms with Crippen molar-refractivity contribution in [2.75, 3.05) is 27.7 Å². The third-order valence-corrected chi connectivity index (χ3v) is 5.30. The lowest BCUT2D eigenvalue weighted by Crippen LogP contribution is -2.47. The van der Waals surface area contributed by atoms with Gasteiger partial charge in [-0.1, -0.05) is 19.8 Å². The van der Waals surface area contributed by atoms with Crippen molar-refractivity contribution in [2.45, 2.75) is 45.6 Å². The molecule has 0 bridgehead atoms. The molecule has 0 saturated heterocycles. The zero-order valence-electron chi connectivity index (χ0n) is 15.0. The van der Waals surface area contributed by atoms with Gasteiger partial charge in [-0.3, -0.25) is 4.52 Å². The Bertz CT molecular complexity index is 466. The number of hydrogen-bond donors (Lipinski definition) is 2. The van der Waals surface area contributed by atoms with Crippen molar-refractivity contribution in [3.63, 3.8) is 0 Å². The fourth-order valence-electron chi connectivity index (χ4n) is 3.70. The van der Waals surface area contributed by atoms with Crippen molar-refractivity contribution >= 4 is 7.82 Å². The molecule has 2 N–H and O–H groups in total. The number of rotatable bonds is 7. The van der Waals surface area contributed by atoms with Crippen LogP contribution in [0.3, 0.4) is 0 Å². The summed E-state index contributed by atoms with van der Waals surface area (Å²) in [6, 6.07) is 2.29. The summed E-state index contributed by atoms with van der Waals surface area (Å²) in [5.74, 6) is 0.936.